The van der Waals surface area contributed by atoms with E-state index in [9.17, 15) is 4.79 Å². The van der Waals surface area contributed by atoms with E-state index in [1.807, 2.05) is 59.6 Å². The Morgan fingerprint density at radius 1 is 0.960 bits per heavy atom. The van der Waals surface area contributed by atoms with E-state index in [4.69, 9.17) is 4.74 Å². The number of hydrogen-bond donors (Lipinski definition) is 0. The number of carbonyl (C=O) groups excluding carboxylic acids is 1. The van der Waals surface area contributed by atoms with Crippen molar-refractivity contribution in [2.75, 3.05) is 11.5 Å². The highest BCUT2D eigenvalue weighted by molar-refractivity contribution is 5.96. The van der Waals surface area contributed by atoms with E-state index < -0.39 is 0 Å². The summed E-state index contributed by atoms with van der Waals surface area (Å²) in [5, 5.41) is 0. The van der Waals surface area contributed by atoms with Crippen LogP contribution in [-0.4, -0.2) is 17.5 Å². The van der Waals surface area contributed by atoms with E-state index in [0.29, 0.717) is 13.2 Å². The minimum atomic E-state index is -0.0223. The average Bonchev–Trinajstić information content (AvgIpc) is 2.82. The Morgan fingerprint density at radius 3 is 2.64 bits per heavy atom. The lowest BCUT2D eigenvalue weighted by Crippen LogP contribution is -2.32. The largest absolute Gasteiger partial charge is 0.367 e. The highest BCUT2D eigenvalue weighted by Gasteiger charge is 2.23. The molecule has 4 heteroatoms. The fraction of sp³-hybridized carbons (Fsp3) is 0.143. The number of anilines is 1. The maximum Gasteiger partial charge on any atom is 0.253 e. The van der Waals surface area contributed by atoms with Gasteiger partial charge in [0.25, 0.3) is 5.91 Å². The third-order valence-corrected chi connectivity index (χ3v) is 4.34. The summed E-state index contributed by atoms with van der Waals surface area (Å²) in [4.78, 5) is 18.6. The predicted octanol–water partition coefficient (Wildman–Crippen LogP) is 3.81. The fourth-order valence-electron chi connectivity index (χ4n) is 3.05. The highest BCUT2D eigenvalue weighted by atomic mass is 16.5. The smallest absolute Gasteiger partial charge is 0.253 e. The number of fused-ring (bicyclic) bond motifs is 1. The van der Waals surface area contributed by atoms with Crippen molar-refractivity contribution in [1.82, 2.24) is 4.98 Å². The molecular formula is C21H18N2O2. The maximum atomic E-state index is 12.6. The van der Waals surface area contributed by atoms with Gasteiger partial charge in [0.05, 0.1) is 18.8 Å². The van der Waals surface area contributed by atoms with Gasteiger partial charge >= 0.3 is 0 Å². The molecule has 1 amide bonds. The molecule has 0 radical (unpaired) electrons. The molecule has 0 fully saturated rings. The Labute approximate surface area is 146 Å². The van der Waals surface area contributed by atoms with Crippen molar-refractivity contribution in [3.05, 3.63) is 84.2 Å². The molecule has 2 heterocycles. The molecule has 0 atom stereocenters. The molecule has 4 nitrogen and oxygen atoms in total. The van der Waals surface area contributed by atoms with E-state index in [0.717, 1.165) is 27.9 Å². The van der Waals surface area contributed by atoms with E-state index in [2.05, 4.69) is 17.1 Å². The van der Waals surface area contributed by atoms with Gasteiger partial charge in [-0.05, 0) is 23.3 Å². The Hall–Kier alpha value is -2.98. The van der Waals surface area contributed by atoms with Gasteiger partial charge in [-0.1, -0.05) is 48.5 Å². The minimum Gasteiger partial charge on any atom is -0.367 e. The zero-order valence-corrected chi connectivity index (χ0v) is 13.8. The van der Waals surface area contributed by atoms with Gasteiger partial charge in [0.2, 0.25) is 0 Å². The number of benzene rings is 2. The third-order valence-electron chi connectivity index (χ3n) is 4.34. The summed E-state index contributed by atoms with van der Waals surface area (Å²) in [7, 11) is 0. The lowest BCUT2D eigenvalue weighted by Gasteiger charge is -2.23. The Kier molecular flexibility index (Phi) is 4.27. The Morgan fingerprint density at radius 2 is 1.84 bits per heavy atom. The normalized spacial score (nSPS) is 14.1. The van der Waals surface area contributed by atoms with Crippen LogP contribution in [-0.2, 0) is 22.7 Å². The topological polar surface area (TPSA) is 42.4 Å². The van der Waals surface area contributed by atoms with E-state index in [1.165, 1.54) is 0 Å². The van der Waals surface area contributed by atoms with E-state index in [1.54, 1.807) is 6.20 Å². The molecule has 124 valence electrons. The predicted molar refractivity (Wildman–Crippen MR) is 97.0 cm³/mol. The molecule has 0 spiro atoms. The molecule has 3 aromatic rings. The number of hydrogen-bond acceptors (Lipinski definition) is 3. The van der Waals surface area contributed by atoms with Crippen molar-refractivity contribution in [3.8, 4) is 11.1 Å². The second-order valence-electron chi connectivity index (χ2n) is 6.04. The van der Waals surface area contributed by atoms with Crippen LogP contribution in [0.15, 0.2) is 73.1 Å². The van der Waals surface area contributed by atoms with Crippen LogP contribution in [0.2, 0.25) is 0 Å². The lowest BCUT2D eigenvalue weighted by atomic mass is 10.0. The monoisotopic (exact) mass is 330 g/mol. The fourth-order valence-corrected chi connectivity index (χ4v) is 3.05. The van der Waals surface area contributed by atoms with Crippen molar-refractivity contribution in [3.63, 3.8) is 0 Å². The van der Waals surface area contributed by atoms with Crippen molar-refractivity contribution in [1.29, 1.82) is 0 Å². The van der Waals surface area contributed by atoms with Crippen LogP contribution in [0.3, 0.4) is 0 Å². The van der Waals surface area contributed by atoms with Gasteiger partial charge in [0.1, 0.15) is 6.61 Å². The van der Waals surface area contributed by atoms with Gasteiger partial charge in [-0.3, -0.25) is 9.78 Å². The molecule has 0 unspecified atom stereocenters. The number of carbonyl (C=O) groups is 1. The molecule has 1 aliphatic rings. The van der Waals surface area contributed by atoms with Gasteiger partial charge in [-0.2, -0.15) is 0 Å². The number of nitrogens with zero attached hydrogens (tertiary/aromatic N) is 2. The molecule has 0 saturated heterocycles. The minimum absolute atomic E-state index is 0.0223. The lowest BCUT2D eigenvalue weighted by molar-refractivity contribution is -0.123. The van der Waals surface area contributed by atoms with E-state index in [-0.39, 0.29) is 12.5 Å². The summed E-state index contributed by atoms with van der Waals surface area (Å²) in [5.74, 6) is -0.0223. The first kappa shape index (κ1) is 15.5. The van der Waals surface area contributed by atoms with Gasteiger partial charge in [0.15, 0.2) is 0 Å². The van der Waals surface area contributed by atoms with Gasteiger partial charge in [0, 0.05) is 23.5 Å². The molecular weight excluding hydrogens is 312 g/mol. The summed E-state index contributed by atoms with van der Waals surface area (Å²) in [6.45, 7) is 1.08. The zero-order valence-electron chi connectivity index (χ0n) is 13.8. The second-order valence-corrected chi connectivity index (χ2v) is 6.04. The van der Waals surface area contributed by atoms with Crippen molar-refractivity contribution >= 4 is 11.6 Å². The second kappa shape index (κ2) is 6.87. The number of amides is 1. The quantitative estimate of drug-likeness (QED) is 0.733. The maximum absolute atomic E-state index is 12.6. The number of pyridine rings is 1. The van der Waals surface area contributed by atoms with Gasteiger partial charge < -0.3 is 9.64 Å². The SMILES string of the molecule is O=C1COCc2ccc(-c3cccnc3)cc2N1Cc1ccccc1. The summed E-state index contributed by atoms with van der Waals surface area (Å²) >= 11 is 0. The van der Waals surface area contributed by atoms with Crippen molar-refractivity contribution < 1.29 is 9.53 Å². The molecule has 0 saturated carbocycles. The number of ether oxygens (including phenoxy) is 1. The molecule has 2 aromatic carbocycles. The van der Waals surface area contributed by atoms with Gasteiger partial charge in [-0.25, -0.2) is 0 Å². The van der Waals surface area contributed by atoms with Crippen LogP contribution in [0.25, 0.3) is 11.1 Å². The molecule has 1 aliphatic heterocycles. The van der Waals surface area contributed by atoms with E-state index >= 15 is 0 Å². The Bertz CT molecular complexity index is 879. The molecule has 0 N–H and O–H groups in total. The van der Waals surface area contributed by atoms with Crippen LogP contribution in [0.1, 0.15) is 11.1 Å². The molecule has 4 rings (SSSR count). The number of aromatic nitrogens is 1. The third kappa shape index (κ3) is 3.30. The standard InChI is InChI=1S/C21H18N2O2/c24-21-15-25-14-19-9-8-17(18-7-4-10-22-12-18)11-20(19)23(21)13-16-5-2-1-3-6-16/h1-12H,13-15H2. The van der Waals surface area contributed by atoms with Gasteiger partial charge in [-0.15, -0.1) is 0 Å². The number of rotatable bonds is 3. The molecule has 1 aromatic heterocycles. The van der Waals surface area contributed by atoms with Crippen LogP contribution >= 0.6 is 0 Å². The summed E-state index contributed by atoms with van der Waals surface area (Å²) in [5.41, 5.74) is 5.10. The van der Waals surface area contributed by atoms with Crippen LogP contribution in [0.4, 0.5) is 5.69 Å². The first-order valence-electron chi connectivity index (χ1n) is 8.26. The average molecular weight is 330 g/mol. The summed E-state index contributed by atoms with van der Waals surface area (Å²) in [6.07, 6.45) is 3.59. The van der Waals surface area contributed by atoms with Crippen LogP contribution < -0.4 is 4.90 Å². The molecule has 0 aliphatic carbocycles. The van der Waals surface area contributed by atoms with Crippen molar-refractivity contribution in [2.45, 2.75) is 13.2 Å². The summed E-state index contributed by atoms with van der Waals surface area (Å²) < 4.78 is 5.54. The molecule has 0 bridgehead atoms. The molecule has 25 heavy (non-hydrogen) atoms. The van der Waals surface area contributed by atoms with Crippen molar-refractivity contribution in [2.24, 2.45) is 0 Å². The van der Waals surface area contributed by atoms with Crippen LogP contribution in [0.5, 0.6) is 0 Å². The Balaban J connectivity index is 1.76. The highest BCUT2D eigenvalue weighted by Crippen LogP contribution is 2.31. The summed E-state index contributed by atoms with van der Waals surface area (Å²) in [6, 6.07) is 20.1. The first-order chi connectivity index (χ1) is 12.3. The first-order valence-corrected chi connectivity index (χ1v) is 8.26. The zero-order chi connectivity index (χ0) is 17.1. The van der Waals surface area contributed by atoms with Crippen LogP contribution in [0, 0.1) is 0 Å².